The molecule has 1 fully saturated rings. The first-order chi connectivity index (χ1) is 10.2. The second-order valence-electron chi connectivity index (χ2n) is 5.02. The van der Waals surface area contributed by atoms with Gasteiger partial charge in [-0.1, -0.05) is 0 Å². The second-order valence-corrected chi connectivity index (χ2v) is 5.02. The molecule has 2 heterocycles. The maximum atomic E-state index is 12.1. The van der Waals surface area contributed by atoms with Crippen molar-refractivity contribution in [3.05, 3.63) is 30.1 Å². The predicted molar refractivity (Wildman–Crippen MR) is 77.9 cm³/mol. The molecule has 7 heteroatoms. The van der Waals surface area contributed by atoms with Crippen molar-refractivity contribution in [3.63, 3.8) is 0 Å². The maximum Gasteiger partial charge on any atom is 0.251 e. The summed E-state index contributed by atoms with van der Waals surface area (Å²) < 4.78 is 0. The number of carbonyl (C=O) groups is 2. The van der Waals surface area contributed by atoms with Crippen molar-refractivity contribution in [2.45, 2.75) is 0 Å². The first-order valence-electron chi connectivity index (χ1n) is 6.93. The van der Waals surface area contributed by atoms with Crippen LogP contribution in [-0.2, 0) is 4.79 Å². The third-order valence-electron chi connectivity index (χ3n) is 3.51. The lowest BCUT2D eigenvalue weighted by Gasteiger charge is -2.26. The molecule has 3 N–H and O–H groups in total. The fourth-order valence-corrected chi connectivity index (χ4v) is 2.39. The van der Waals surface area contributed by atoms with E-state index in [4.69, 9.17) is 0 Å². The fourth-order valence-electron chi connectivity index (χ4n) is 2.39. The molecule has 7 nitrogen and oxygen atoms in total. The SMILES string of the molecule is O=C1CN(CCNC(=O)c2ccc3nc[nH]c3c2)CCN1. The molecule has 1 aromatic heterocycles. The number of carbonyl (C=O) groups excluding carboxylic acids is 2. The number of hydrogen-bond donors (Lipinski definition) is 3. The molecule has 0 radical (unpaired) electrons. The molecule has 2 aromatic rings. The average Bonchev–Trinajstić information content (AvgIpc) is 2.94. The Bertz CT molecular complexity index is 666. The number of benzene rings is 1. The summed E-state index contributed by atoms with van der Waals surface area (Å²) in [4.78, 5) is 32.4. The zero-order chi connectivity index (χ0) is 14.7. The van der Waals surface area contributed by atoms with Crippen LogP contribution < -0.4 is 10.6 Å². The summed E-state index contributed by atoms with van der Waals surface area (Å²) >= 11 is 0. The Kier molecular flexibility index (Phi) is 3.83. The highest BCUT2D eigenvalue weighted by atomic mass is 16.2. The highest BCUT2D eigenvalue weighted by molar-refractivity contribution is 5.97. The minimum atomic E-state index is -0.118. The van der Waals surface area contributed by atoms with Gasteiger partial charge in [0.2, 0.25) is 5.91 Å². The summed E-state index contributed by atoms with van der Waals surface area (Å²) in [5, 5.41) is 5.65. The van der Waals surface area contributed by atoms with E-state index >= 15 is 0 Å². The lowest BCUT2D eigenvalue weighted by Crippen LogP contribution is -2.49. The van der Waals surface area contributed by atoms with Crippen LogP contribution in [0.4, 0.5) is 0 Å². The van der Waals surface area contributed by atoms with Crippen molar-refractivity contribution in [2.75, 3.05) is 32.7 Å². The van der Waals surface area contributed by atoms with Crippen LogP contribution in [0.1, 0.15) is 10.4 Å². The summed E-state index contributed by atoms with van der Waals surface area (Å²) in [5.41, 5.74) is 2.28. The Balaban J connectivity index is 1.52. The van der Waals surface area contributed by atoms with Crippen molar-refractivity contribution in [2.24, 2.45) is 0 Å². The molecule has 2 amide bonds. The van der Waals surface area contributed by atoms with Crippen molar-refractivity contribution in [3.8, 4) is 0 Å². The van der Waals surface area contributed by atoms with E-state index in [-0.39, 0.29) is 11.8 Å². The number of piperazine rings is 1. The molecule has 0 aliphatic carbocycles. The Morgan fingerprint density at radius 3 is 3.19 bits per heavy atom. The van der Waals surface area contributed by atoms with Crippen LogP contribution in [0.15, 0.2) is 24.5 Å². The number of amides is 2. The highest BCUT2D eigenvalue weighted by Crippen LogP contribution is 2.11. The molecular formula is C14H17N5O2. The van der Waals surface area contributed by atoms with Gasteiger partial charge in [0.1, 0.15) is 0 Å². The van der Waals surface area contributed by atoms with Gasteiger partial charge in [-0.25, -0.2) is 4.98 Å². The monoisotopic (exact) mass is 287 g/mol. The number of imidazole rings is 1. The number of rotatable bonds is 4. The summed E-state index contributed by atoms with van der Waals surface area (Å²) in [6, 6.07) is 5.36. The fraction of sp³-hybridized carbons (Fsp3) is 0.357. The summed E-state index contributed by atoms with van der Waals surface area (Å²) in [6.45, 7) is 3.08. The minimum absolute atomic E-state index is 0.0391. The maximum absolute atomic E-state index is 12.1. The minimum Gasteiger partial charge on any atom is -0.354 e. The number of hydrogen-bond acceptors (Lipinski definition) is 4. The molecule has 1 aromatic carbocycles. The molecule has 0 atom stereocenters. The van der Waals surface area contributed by atoms with Gasteiger partial charge < -0.3 is 15.6 Å². The van der Waals surface area contributed by atoms with E-state index in [1.807, 2.05) is 11.0 Å². The van der Waals surface area contributed by atoms with Gasteiger partial charge in [0.25, 0.3) is 5.91 Å². The average molecular weight is 287 g/mol. The van der Waals surface area contributed by atoms with E-state index in [1.54, 1.807) is 18.5 Å². The third-order valence-corrected chi connectivity index (χ3v) is 3.51. The number of nitrogens with zero attached hydrogens (tertiary/aromatic N) is 2. The zero-order valence-electron chi connectivity index (χ0n) is 11.6. The van der Waals surface area contributed by atoms with Gasteiger partial charge in [0.15, 0.2) is 0 Å². The molecule has 0 saturated carbocycles. The van der Waals surface area contributed by atoms with Crippen LogP contribution in [0.2, 0.25) is 0 Å². The van der Waals surface area contributed by atoms with Gasteiger partial charge in [-0.3, -0.25) is 14.5 Å². The Labute approximate surface area is 121 Å². The molecule has 0 bridgehead atoms. The van der Waals surface area contributed by atoms with Crippen LogP contribution >= 0.6 is 0 Å². The van der Waals surface area contributed by atoms with Crippen LogP contribution in [0.3, 0.4) is 0 Å². The van der Waals surface area contributed by atoms with Crippen molar-refractivity contribution >= 4 is 22.8 Å². The quantitative estimate of drug-likeness (QED) is 0.722. The molecule has 110 valence electrons. The molecule has 21 heavy (non-hydrogen) atoms. The van der Waals surface area contributed by atoms with Crippen LogP contribution in [0, 0.1) is 0 Å². The van der Waals surface area contributed by atoms with E-state index in [0.29, 0.717) is 31.7 Å². The number of aromatic amines is 1. The van der Waals surface area contributed by atoms with E-state index in [9.17, 15) is 9.59 Å². The number of H-pyrrole nitrogens is 1. The predicted octanol–water partition coefficient (Wildman–Crippen LogP) is -0.275. The van der Waals surface area contributed by atoms with Gasteiger partial charge >= 0.3 is 0 Å². The largest absolute Gasteiger partial charge is 0.354 e. The third kappa shape index (κ3) is 3.19. The van der Waals surface area contributed by atoms with Gasteiger partial charge in [0.05, 0.1) is 23.9 Å². The Morgan fingerprint density at radius 2 is 2.33 bits per heavy atom. The number of aromatic nitrogens is 2. The number of nitrogens with one attached hydrogen (secondary N) is 3. The van der Waals surface area contributed by atoms with Crippen LogP contribution in [-0.4, -0.2) is 59.4 Å². The first kappa shape index (κ1) is 13.6. The highest BCUT2D eigenvalue weighted by Gasteiger charge is 2.15. The Morgan fingerprint density at radius 1 is 1.43 bits per heavy atom. The number of fused-ring (bicyclic) bond motifs is 1. The molecule has 1 aliphatic heterocycles. The molecule has 0 unspecified atom stereocenters. The van der Waals surface area contributed by atoms with Gasteiger partial charge in [-0.15, -0.1) is 0 Å². The van der Waals surface area contributed by atoms with E-state index in [0.717, 1.165) is 17.6 Å². The lowest BCUT2D eigenvalue weighted by molar-refractivity contribution is -0.124. The molecule has 1 saturated heterocycles. The van der Waals surface area contributed by atoms with Crippen molar-refractivity contribution < 1.29 is 9.59 Å². The summed E-state index contributed by atoms with van der Waals surface area (Å²) in [7, 11) is 0. The molecule has 0 spiro atoms. The summed E-state index contributed by atoms with van der Waals surface area (Å²) in [6.07, 6.45) is 1.60. The van der Waals surface area contributed by atoms with Crippen molar-refractivity contribution in [1.29, 1.82) is 0 Å². The van der Waals surface area contributed by atoms with Crippen LogP contribution in [0.5, 0.6) is 0 Å². The molecule has 3 rings (SSSR count). The van der Waals surface area contributed by atoms with Gasteiger partial charge in [0, 0.05) is 31.7 Å². The van der Waals surface area contributed by atoms with E-state index < -0.39 is 0 Å². The van der Waals surface area contributed by atoms with Gasteiger partial charge in [-0.2, -0.15) is 0 Å². The lowest BCUT2D eigenvalue weighted by atomic mass is 10.2. The van der Waals surface area contributed by atoms with Gasteiger partial charge in [-0.05, 0) is 18.2 Å². The Hall–Kier alpha value is -2.41. The topological polar surface area (TPSA) is 90.1 Å². The summed E-state index contributed by atoms with van der Waals surface area (Å²) in [5.74, 6) is -0.0785. The van der Waals surface area contributed by atoms with Crippen LogP contribution in [0.25, 0.3) is 11.0 Å². The normalized spacial score (nSPS) is 15.9. The van der Waals surface area contributed by atoms with E-state index in [1.165, 1.54) is 0 Å². The molecular weight excluding hydrogens is 270 g/mol. The second kappa shape index (κ2) is 5.92. The molecule has 1 aliphatic rings. The zero-order valence-corrected chi connectivity index (χ0v) is 11.6. The first-order valence-corrected chi connectivity index (χ1v) is 6.93. The van der Waals surface area contributed by atoms with E-state index in [2.05, 4.69) is 20.6 Å². The smallest absolute Gasteiger partial charge is 0.251 e. The standard InChI is InChI=1S/C14H17N5O2/c20-13-8-19(5-3-15-13)6-4-16-14(21)10-1-2-11-12(7-10)18-9-17-11/h1-2,7,9H,3-6,8H2,(H,15,20)(H,16,21)(H,17,18). The van der Waals surface area contributed by atoms with Crippen molar-refractivity contribution in [1.82, 2.24) is 25.5 Å².